The molecule has 0 bridgehead atoms. The Bertz CT molecular complexity index is 303. The van der Waals surface area contributed by atoms with Crippen LogP contribution in [0.5, 0.6) is 0 Å². The molecule has 0 aromatic carbocycles. The molecule has 0 saturated heterocycles. The van der Waals surface area contributed by atoms with Crippen LogP contribution in [0.1, 0.15) is 12.6 Å². The Kier molecular flexibility index (Phi) is 2.57. The van der Waals surface area contributed by atoms with E-state index in [0.717, 1.165) is 18.4 Å². The molecule has 0 aliphatic carbocycles. The zero-order chi connectivity index (χ0) is 8.97. The summed E-state index contributed by atoms with van der Waals surface area (Å²) in [5, 5.41) is 9.98. The molecular weight excluding hydrogens is 158 g/mol. The van der Waals surface area contributed by atoms with Crippen molar-refractivity contribution in [2.24, 2.45) is 0 Å². The fourth-order valence-corrected chi connectivity index (χ4v) is 0.871. The number of nitro groups is 1. The predicted molar refractivity (Wildman–Crippen MR) is 43.9 cm³/mol. The third kappa shape index (κ3) is 1.91. The first-order chi connectivity index (χ1) is 5.74. The van der Waals surface area contributed by atoms with Gasteiger partial charge < -0.3 is 4.57 Å². The smallest absolute Gasteiger partial charge is 0.236 e. The van der Waals surface area contributed by atoms with Crippen LogP contribution in [0.2, 0.25) is 0 Å². The van der Waals surface area contributed by atoms with Crippen molar-refractivity contribution in [3.8, 4) is 0 Å². The van der Waals surface area contributed by atoms with E-state index < -0.39 is 4.92 Å². The van der Waals surface area contributed by atoms with Crippen molar-refractivity contribution in [1.29, 1.82) is 0 Å². The van der Waals surface area contributed by atoms with E-state index in [1.807, 2.05) is 11.5 Å². The van der Waals surface area contributed by atoms with E-state index in [1.165, 1.54) is 6.08 Å². The van der Waals surface area contributed by atoms with Gasteiger partial charge in [-0.2, -0.15) is 0 Å². The summed E-state index contributed by atoms with van der Waals surface area (Å²) in [6.45, 7) is 2.71. The van der Waals surface area contributed by atoms with Crippen LogP contribution in [0.4, 0.5) is 0 Å². The summed E-state index contributed by atoms with van der Waals surface area (Å²) in [5.41, 5.74) is 0.745. The zero-order valence-electron chi connectivity index (χ0n) is 6.67. The minimum atomic E-state index is -0.493. The molecule has 5 heteroatoms. The van der Waals surface area contributed by atoms with E-state index in [1.54, 1.807) is 12.5 Å². The summed E-state index contributed by atoms with van der Waals surface area (Å²) >= 11 is 0. The van der Waals surface area contributed by atoms with Crippen molar-refractivity contribution in [3.05, 3.63) is 34.5 Å². The Hall–Kier alpha value is -1.65. The topological polar surface area (TPSA) is 61.0 Å². The van der Waals surface area contributed by atoms with Crippen LogP contribution in [-0.4, -0.2) is 14.5 Å². The van der Waals surface area contributed by atoms with Crippen molar-refractivity contribution in [2.45, 2.75) is 13.5 Å². The molecule has 12 heavy (non-hydrogen) atoms. The molecule has 1 aromatic heterocycles. The van der Waals surface area contributed by atoms with Crippen molar-refractivity contribution >= 4 is 6.08 Å². The highest BCUT2D eigenvalue weighted by Crippen LogP contribution is 2.01. The molecule has 64 valence electrons. The molecule has 0 aliphatic heterocycles. The van der Waals surface area contributed by atoms with Gasteiger partial charge in [0.1, 0.15) is 0 Å². The maximum atomic E-state index is 9.98. The molecule has 0 aliphatic rings. The van der Waals surface area contributed by atoms with Gasteiger partial charge in [0.15, 0.2) is 0 Å². The lowest BCUT2D eigenvalue weighted by atomic mass is 10.4. The second kappa shape index (κ2) is 3.66. The number of aryl methyl sites for hydroxylation is 1. The lowest BCUT2D eigenvalue weighted by Gasteiger charge is -1.96. The van der Waals surface area contributed by atoms with Crippen LogP contribution in [0.15, 0.2) is 18.7 Å². The fourth-order valence-electron chi connectivity index (χ4n) is 0.871. The fraction of sp³-hybridized carbons (Fsp3) is 0.286. The van der Waals surface area contributed by atoms with Crippen LogP contribution in [-0.2, 0) is 6.54 Å². The summed E-state index contributed by atoms with van der Waals surface area (Å²) in [7, 11) is 0. The number of rotatable bonds is 3. The maximum Gasteiger partial charge on any atom is 0.236 e. The summed E-state index contributed by atoms with van der Waals surface area (Å²) in [6, 6.07) is 0. The summed E-state index contributed by atoms with van der Waals surface area (Å²) in [5.74, 6) is 0. The molecule has 1 heterocycles. The summed E-state index contributed by atoms with van der Waals surface area (Å²) in [4.78, 5) is 13.4. The molecule has 0 N–H and O–H groups in total. The van der Waals surface area contributed by atoms with Gasteiger partial charge in [-0.25, -0.2) is 4.98 Å². The van der Waals surface area contributed by atoms with E-state index >= 15 is 0 Å². The highest BCUT2D eigenvalue weighted by atomic mass is 16.6. The molecule has 0 radical (unpaired) electrons. The third-order valence-corrected chi connectivity index (χ3v) is 1.45. The van der Waals surface area contributed by atoms with E-state index in [2.05, 4.69) is 4.98 Å². The molecular formula is C7H9N3O2. The lowest BCUT2D eigenvalue weighted by Crippen LogP contribution is -1.94. The average Bonchev–Trinajstić information content (AvgIpc) is 2.47. The highest BCUT2D eigenvalue weighted by molar-refractivity contribution is 5.41. The monoisotopic (exact) mass is 167 g/mol. The van der Waals surface area contributed by atoms with Crippen molar-refractivity contribution in [2.75, 3.05) is 0 Å². The van der Waals surface area contributed by atoms with Gasteiger partial charge in [0.05, 0.1) is 23.1 Å². The molecule has 0 amide bonds. The second-order valence-corrected chi connectivity index (χ2v) is 2.21. The Labute approximate surface area is 69.5 Å². The first-order valence-electron chi connectivity index (χ1n) is 3.56. The second-order valence-electron chi connectivity index (χ2n) is 2.21. The molecule has 0 unspecified atom stereocenters. The van der Waals surface area contributed by atoms with Crippen LogP contribution in [0.25, 0.3) is 6.08 Å². The van der Waals surface area contributed by atoms with Crippen LogP contribution in [0, 0.1) is 10.1 Å². The zero-order valence-corrected chi connectivity index (χ0v) is 6.67. The predicted octanol–water partition coefficient (Wildman–Crippen LogP) is 1.15. The Morgan fingerprint density at radius 2 is 2.58 bits per heavy atom. The number of hydrogen-bond donors (Lipinski definition) is 0. The summed E-state index contributed by atoms with van der Waals surface area (Å²) < 4.78 is 1.82. The third-order valence-electron chi connectivity index (χ3n) is 1.45. The van der Waals surface area contributed by atoms with E-state index in [0.29, 0.717) is 0 Å². The molecule has 0 saturated carbocycles. The van der Waals surface area contributed by atoms with Crippen molar-refractivity contribution in [1.82, 2.24) is 9.55 Å². The van der Waals surface area contributed by atoms with Gasteiger partial charge in [-0.05, 0) is 6.92 Å². The van der Waals surface area contributed by atoms with Gasteiger partial charge in [0.2, 0.25) is 6.20 Å². The SMILES string of the molecule is CCn1cncc1/C=C/[N+](=O)[O-]. The van der Waals surface area contributed by atoms with Crippen molar-refractivity contribution in [3.63, 3.8) is 0 Å². The Morgan fingerprint density at radius 3 is 3.17 bits per heavy atom. The molecule has 0 atom stereocenters. The van der Waals surface area contributed by atoms with E-state index in [9.17, 15) is 10.1 Å². The van der Waals surface area contributed by atoms with E-state index in [-0.39, 0.29) is 0 Å². The standard InChI is InChI=1S/C7H9N3O2/c1-2-9-6-8-5-7(9)3-4-10(11)12/h3-6H,2H2,1H3/b4-3+. The van der Waals surface area contributed by atoms with Gasteiger partial charge >= 0.3 is 0 Å². The van der Waals surface area contributed by atoms with Gasteiger partial charge in [-0.15, -0.1) is 0 Å². The first-order valence-corrected chi connectivity index (χ1v) is 3.56. The number of nitrogens with zero attached hydrogens (tertiary/aromatic N) is 3. The van der Waals surface area contributed by atoms with Crippen LogP contribution in [0.3, 0.4) is 0 Å². The Balaban J connectivity index is 2.81. The van der Waals surface area contributed by atoms with E-state index in [4.69, 9.17) is 0 Å². The van der Waals surface area contributed by atoms with Gasteiger partial charge in [0.25, 0.3) is 0 Å². The summed E-state index contributed by atoms with van der Waals surface area (Å²) in [6.07, 6.45) is 5.56. The van der Waals surface area contributed by atoms with Crippen molar-refractivity contribution < 1.29 is 4.92 Å². The number of hydrogen-bond acceptors (Lipinski definition) is 3. The number of imidazole rings is 1. The molecule has 1 rings (SSSR count). The normalized spacial score (nSPS) is 10.8. The highest BCUT2D eigenvalue weighted by Gasteiger charge is 1.96. The quantitative estimate of drug-likeness (QED) is 0.501. The lowest BCUT2D eigenvalue weighted by molar-refractivity contribution is -0.401. The van der Waals surface area contributed by atoms with Gasteiger partial charge in [0, 0.05) is 12.6 Å². The van der Waals surface area contributed by atoms with Gasteiger partial charge in [-0.1, -0.05) is 0 Å². The Morgan fingerprint density at radius 1 is 1.83 bits per heavy atom. The molecule has 1 aromatic rings. The maximum absolute atomic E-state index is 9.98. The minimum Gasteiger partial charge on any atom is -0.331 e. The van der Waals surface area contributed by atoms with Crippen LogP contribution < -0.4 is 0 Å². The molecule has 0 fully saturated rings. The molecule has 5 nitrogen and oxygen atoms in total. The molecule has 0 spiro atoms. The minimum absolute atomic E-state index is 0.493. The number of aromatic nitrogens is 2. The average molecular weight is 167 g/mol. The van der Waals surface area contributed by atoms with Gasteiger partial charge in [-0.3, -0.25) is 10.1 Å². The largest absolute Gasteiger partial charge is 0.331 e. The van der Waals surface area contributed by atoms with Crippen LogP contribution >= 0.6 is 0 Å². The first kappa shape index (κ1) is 8.45.